The molecule has 142 valence electrons. The van der Waals surface area contributed by atoms with Crippen molar-refractivity contribution in [2.45, 2.75) is 0 Å². The highest BCUT2D eigenvalue weighted by Crippen LogP contribution is 2.33. The van der Waals surface area contributed by atoms with E-state index in [4.69, 9.17) is 19.2 Å². The molecule has 0 atom stereocenters. The van der Waals surface area contributed by atoms with Gasteiger partial charge in [-0.15, -0.1) is 0 Å². The minimum Gasteiger partial charge on any atom is -0.497 e. The molecule has 0 bridgehead atoms. The van der Waals surface area contributed by atoms with Crippen molar-refractivity contribution in [2.75, 3.05) is 26.6 Å². The van der Waals surface area contributed by atoms with Gasteiger partial charge in [-0.2, -0.15) is 0 Å². The predicted octanol–water partition coefficient (Wildman–Crippen LogP) is 4.39. The highest BCUT2D eigenvalue weighted by atomic mass is 16.5. The molecule has 0 radical (unpaired) electrons. The van der Waals surface area contributed by atoms with E-state index in [0.717, 1.165) is 33.9 Å². The van der Waals surface area contributed by atoms with Crippen LogP contribution >= 0.6 is 0 Å². The molecule has 0 aliphatic heterocycles. The third-order valence-electron chi connectivity index (χ3n) is 4.41. The standard InChI is InChI=1S/C21H20N4O3/c1-26-15-7-5-14(6-8-15)23-21-19-16(10-11-22-21)24-20(25-19)13-4-9-17(27-2)18(12-13)28-3/h4-12H,1-3H3,(H,22,23)(H,24,25). The van der Waals surface area contributed by atoms with E-state index in [-0.39, 0.29) is 0 Å². The number of aromatic nitrogens is 3. The summed E-state index contributed by atoms with van der Waals surface area (Å²) in [4.78, 5) is 12.5. The van der Waals surface area contributed by atoms with Gasteiger partial charge in [0.25, 0.3) is 0 Å². The summed E-state index contributed by atoms with van der Waals surface area (Å²) in [5.74, 6) is 3.51. The Balaban J connectivity index is 1.70. The number of imidazole rings is 1. The Bertz CT molecular complexity index is 1110. The van der Waals surface area contributed by atoms with Crippen LogP contribution in [-0.2, 0) is 0 Å². The second kappa shape index (κ2) is 7.48. The number of fused-ring (bicyclic) bond motifs is 1. The number of anilines is 2. The highest BCUT2D eigenvalue weighted by molar-refractivity contribution is 5.90. The van der Waals surface area contributed by atoms with Crippen molar-refractivity contribution in [2.24, 2.45) is 0 Å². The molecule has 2 heterocycles. The van der Waals surface area contributed by atoms with Gasteiger partial charge in [0.2, 0.25) is 0 Å². The lowest BCUT2D eigenvalue weighted by atomic mass is 10.2. The first-order valence-electron chi connectivity index (χ1n) is 8.70. The molecule has 7 nitrogen and oxygen atoms in total. The van der Waals surface area contributed by atoms with Crippen molar-refractivity contribution in [1.82, 2.24) is 15.0 Å². The van der Waals surface area contributed by atoms with Gasteiger partial charge in [-0.1, -0.05) is 0 Å². The minimum absolute atomic E-state index is 0.648. The average molecular weight is 376 g/mol. The molecule has 2 aromatic carbocycles. The summed E-state index contributed by atoms with van der Waals surface area (Å²) in [5, 5.41) is 3.31. The zero-order valence-electron chi connectivity index (χ0n) is 15.8. The Morgan fingerprint density at radius 3 is 2.36 bits per heavy atom. The van der Waals surface area contributed by atoms with Gasteiger partial charge in [-0.05, 0) is 48.5 Å². The van der Waals surface area contributed by atoms with Crippen LogP contribution < -0.4 is 19.5 Å². The van der Waals surface area contributed by atoms with E-state index in [1.54, 1.807) is 27.5 Å². The van der Waals surface area contributed by atoms with Gasteiger partial charge in [-0.25, -0.2) is 9.97 Å². The van der Waals surface area contributed by atoms with Crippen LogP contribution in [0.1, 0.15) is 0 Å². The summed E-state index contributed by atoms with van der Waals surface area (Å²) in [6, 6.07) is 15.2. The number of hydrogen-bond acceptors (Lipinski definition) is 6. The van der Waals surface area contributed by atoms with E-state index in [9.17, 15) is 0 Å². The highest BCUT2D eigenvalue weighted by Gasteiger charge is 2.13. The third-order valence-corrected chi connectivity index (χ3v) is 4.41. The second-order valence-electron chi connectivity index (χ2n) is 6.06. The molecule has 7 heteroatoms. The Morgan fingerprint density at radius 1 is 0.857 bits per heavy atom. The van der Waals surface area contributed by atoms with Crippen molar-refractivity contribution < 1.29 is 14.2 Å². The fourth-order valence-electron chi connectivity index (χ4n) is 2.96. The smallest absolute Gasteiger partial charge is 0.161 e. The maximum Gasteiger partial charge on any atom is 0.161 e. The van der Waals surface area contributed by atoms with Crippen LogP contribution in [0.15, 0.2) is 54.7 Å². The summed E-state index contributed by atoms with van der Waals surface area (Å²) in [5.41, 5.74) is 3.43. The molecule has 0 saturated heterocycles. The Morgan fingerprint density at radius 2 is 1.64 bits per heavy atom. The molecular weight excluding hydrogens is 356 g/mol. The van der Waals surface area contributed by atoms with E-state index in [0.29, 0.717) is 17.3 Å². The SMILES string of the molecule is COc1ccc(Nc2nccc3[nH]c(-c4ccc(OC)c(OC)c4)nc23)cc1. The van der Waals surface area contributed by atoms with Gasteiger partial charge >= 0.3 is 0 Å². The Hall–Kier alpha value is -3.74. The van der Waals surface area contributed by atoms with E-state index >= 15 is 0 Å². The number of benzene rings is 2. The van der Waals surface area contributed by atoms with Crippen molar-refractivity contribution >= 4 is 22.5 Å². The first kappa shape index (κ1) is 17.7. The van der Waals surface area contributed by atoms with Gasteiger partial charge in [-0.3, -0.25) is 0 Å². The normalized spacial score (nSPS) is 10.7. The molecule has 0 amide bonds. The molecule has 4 aromatic rings. The van der Waals surface area contributed by atoms with Crippen molar-refractivity contribution in [3.05, 3.63) is 54.7 Å². The Kier molecular flexibility index (Phi) is 4.72. The summed E-state index contributed by atoms with van der Waals surface area (Å²) >= 11 is 0. The maximum absolute atomic E-state index is 5.39. The second-order valence-corrected chi connectivity index (χ2v) is 6.06. The number of nitrogens with zero attached hydrogens (tertiary/aromatic N) is 2. The largest absolute Gasteiger partial charge is 0.497 e. The number of H-pyrrole nitrogens is 1. The number of aromatic amines is 1. The van der Waals surface area contributed by atoms with E-state index in [1.165, 1.54) is 0 Å². The monoisotopic (exact) mass is 376 g/mol. The predicted molar refractivity (Wildman–Crippen MR) is 109 cm³/mol. The fraction of sp³-hybridized carbons (Fsp3) is 0.143. The molecular formula is C21H20N4O3. The van der Waals surface area contributed by atoms with Crippen LogP contribution in [0.25, 0.3) is 22.4 Å². The van der Waals surface area contributed by atoms with Crippen molar-refractivity contribution in [3.8, 4) is 28.6 Å². The van der Waals surface area contributed by atoms with Crippen LogP contribution in [0.4, 0.5) is 11.5 Å². The number of nitrogens with one attached hydrogen (secondary N) is 2. The van der Waals surface area contributed by atoms with E-state index in [2.05, 4.69) is 15.3 Å². The molecule has 28 heavy (non-hydrogen) atoms. The van der Waals surface area contributed by atoms with E-state index in [1.807, 2.05) is 48.5 Å². The van der Waals surface area contributed by atoms with Crippen LogP contribution in [-0.4, -0.2) is 36.3 Å². The van der Waals surface area contributed by atoms with Gasteiger partial charge in [0, 0.05) is 17.4 Å². The lowest BCUT2D eigenvalue weighted by Gasteiger charge is -2.08. The van der Waals surface area contributed by atoms with Crippen LogP contribution in [0.5, 0.6) is 17.2 Å². The molecule has 0 saturated carbocycles. The molecule has 2 N–H and O–H groups in total. The minimum atomic E-state index is 0.648. The summed E-state index contributed by atoms with van der Waals surface area (Å²) < 4.78 is 15.9. The lowest BCUT2D eigenvalue weighted by Crippen LogP contribution is -1.94. The topological polar surface area (TPSA) is 81.3 Å². The Labute approximate surface area is 162 Å². The number of pyridine rings is 1. The summed E-state index contributed by atoms with van der Waals surface area (Å²) in [6.45, 7) is 0. The molecule has 0 aliphatic carbocycles. The molecule has 0 spiro atoms. The van der Waals surface area contributed by atoms with Crippen molar-refractivity contribution in [1.29, 1.82) is 0 Å². The number of rotatable bonds is 6. The first-order valence-corrected chi connectivity index (χ1v) is 8.70. The number of methoxy groups -OCH3 is 3. The van der Waals surface area contributed by atoms with Gasteiger partial charge in [0.05, 0.1) is 26.8 Å². The van der Waals surface area contributed by atoms with Gasteiger partial charge in [0.1, 0.15) is 17.1 Å². The lowest BCUT2D eigenvalue weighted by molar-refractivity contribution is 0.355. The fourth-order valence-corrected chi connectivity index (χ4v) is 2.96. The maximum atomic E-state index is 5.39. The van der Waals surface area contributed by atoms with E-state index < -0.39 is 0 Å². The van der Waals surface area contributed by atoms with Crippen LogP contribution in [0.3, 0.4) is 0 Å². The van der Waals surface area contributed by atoms with Gasteiger partial charge < -0.3 is 24.5 Å². The number of ether oxygens (including phenoxy) is 3. The summed E-state index contributed by atoms with van der Waals surface area (Å²) in [6.07, 6.45) is 1.74. The van der Waals surface area contributed by atoms with Crippen molar-refractivity contribution in [3.63, 3.8) is 0 Å². The van der Waals surface area contributed by atoms with Crippen LogP contribution in [0.2, 0.25) is 0 Å². The molecule has 0 aliphatic rings. The van der Waals surface area contributed by atoms with Crippen LogP contribution in [0, 0.1) is 0 Å². The molecule has 0 unspecified atom stereocenters. The molecule has 4 rings (SSSR count). The molecule has 2 aromatic heterocycles. The average Bonchev–Trinajstić information content (AvgIpc) is 3.19. The van der Waals surface area contributed by atoms with Gasteiger partial charge in [0.15, 0.2) is 17.3 Å². The zero-order valence-corrected chi connectivity index (χ0v) is 15.8. The zero-order chi connectivity index (χ0) is 19.5. The first-order chi connectivity index (χ1) is 13.7. The molecule has 0 fully saturated rings. The number of hydrogen-bond donors (Lipinski definition) is 2. The third kappa shape index (κ3) is 3.29. The quantitative estimate of drug-likeness (QED) is 0.519. The summed E-state index contributed by atoms with van der Waals surface area (Å²) in [7, 11) is 4.87.